The van der Waals surface area contributed by atoms with Crippen LogP contribution in [0.1, 0.15) is 17.3 Å². The van der Waals surface area contributed by atoms with Gasteiger partial charge in [0, 0.05) is 6.92 Å². The number of fused-ring (bicyclic) bond motifs is 1. The van der Waals surface area contributed by atoms with E-state index in [0.717, 1.165) is 10.6 Å². The number of aryl methyl sites for hydroxylation is 2. The van der Waals surface area contributed by atoms with Crippen LogP contribution >= 0.6 is 11.3 Å². The summed E-state index contributed by atoms with van der Waals surface area (Å²) in [7, 11) is 0. The summed E-state index contributed by atoms with van der Waals surface area (Å²) in [6.45, 7) is 4.36. The molecular weight excluding hydrogens is 248 g/mol. The Balaban J connectivity index is 1.78. The van der Waals surface area contributed by atoms with Gasteiger partial charge in [-0.2, -0.15) is 4.98 Å². The van der Waals surface area contributed by atoms with E-state index in [9.17, 15) is 0 Å². The van der Waals surface area contributed by atoms with E-state index in [4.69, 9.17) is 4.52 Å². The molecule has 0 amide bonds. The van der Waals surface area contributed by atoms with Gasteiger partial charge in [-0.1, -0.05) is 22.6 Å². The van der Waals surface area contributed by atoms with Gasteiger partial charge in [-0.05, 0) is 24.6 Å². The first-order valence-electron chi connectivity index (χ1n) is 5.61. The van der Waals surface area contributed by atoms with Gasteiger partial charge in [0.25, 0.3) is 0 Å². The van der Waals surface area contributed by atoms with Crippen LogP contribution in [0.15, 0.2) is 22.7 Å². The molecule has 5 nitrogen and oxygen atoms in total. The molecule has 0 aliphatic heterocycles. The van der Waals surface area contributed by atoms with E-state index in [1.54, 1.807) is 18.3 Å². The summed E-state index contributed by atoms with van der Waals surface area (Å²) in [5.41, 5.74) is 2.24. The van der Waals surface area contributed by atoms with Gasteiger partial charge in [-0.25, -0.2) is 4.98 Å². The summed E-state index contributed by atoms with van der Waals surface area (Å²) >= 11 is 1.62. The zero-order valence-corrected chi connectivity index (χ0v) is 10.9. The van der Waals surface area contributed by atoms with Crippen molar-refractivity contribution in [2.24, 2.45) is 0 Å². The van der Waals surface area contributed by atoms with Gasteiger partial charge in [0.15, 0.2) is 11.0 Å². The van der Waals surface area contributed by atoms with Crippen molar-refractivity contribution in [2.75, 3.05) is 5.32 Å². The van der Waals surface area contributed by atoms with Crippen LogP contribution in [0.2, 0.25) is 0 Å². The minimum Gasteiger partial charge on any atom is -0.354 e. The van der Waals surface area contributed by atoms with Gasteiger partial charge in [-0.3, -0.25) is 0 Å². The predicted octanol–water partition coefficient (Wildman–Crippen LogP) is 2.91. The quantitative estimate of drug-likeness (QED) is 0.784. The molecule has 0 radical (unpaired) electrons. The third-order valence-corrected chi connectivity index (χ3v) is 3.50. The van der Waals surface area contributed by atoms with Crippen molar-refractivity contribution in [1.82, 2.24) is 15.1 Å². The Labute approximate surface area is 108 Å². The zero-order chi connectivity index (χ0) is 12.5. The molecule has 3 rings (SSSR count). The first-order chi connectivity index (χ1) is 8.70. The Kier molecular flexibility index (Phi) is 2.71. The molecule has 2 aromatic heterocycles. The summed E-state index contributed by atoms with van der Waals surface area (Å²) in [5, 5.41) is 7.91. The number of rotatable bonds is 3. The first kappa shape index (κ1) is 11.2. The third-order valence-electron chi connectivity index (χ3n) is 2.51. The summed E-state index contributed by atoms with van der Waals surface area (Å²) in [6, 6.07) is 6.26. The second-order valence-corrected chi connectivity index (χ2v) is 5.10. The lowest BCUT2D eigenvalue weighted by Gasteiger charge is -1.95. The fourth-order valence-electron chi connectivity index (χ4n) is 1.68. The number of aromatic nitrogens is 3. The maximum Gasteiger partial charge on any atom is 0.223 e. The molecule has 18 heavy (non-hydrogen) atoms. The highest BCUT2D eigenvalue weighted by molar-refractivity contribution is 7.22. The molecule has 92 valence electrons. The molecular formula is C12H12N4OS. The van der Waals surface area contributed by atoms with Crippen LogP contribution in [0, 0.1) is 13.8 Å². The van der Waals surface area contributed by atoms with Crippen molar-refractivity contribution in [2.45, 2.75) is 20.4 Å². The Morgan fingerprint density at radius 1 is 1.28 bits per heavy atom. The van der Waals surface area contributed by atoms with Crippen LogP contribution in [-0.4, -0.2) is 15.1 Å². The fraction of sp³-hybridized carbons (Fsp3) is 0.250. The lowest BCUT2D eigenvalue weighted by molar-refractivity contribution is 0.388. The van der Waals surface area contributed by atoms with Crippen molar-refractivity contribution < 1.29 is 4.52 Å². The number of hydrogen-bond acceptors (Lipinski definition) is 6. The molecule has 2 heterocycles. The van der Waals surface area contributed by atoms with Gasteiger partial charge in [0.2, 0.25) is 5.89 Å². The van der Waals surface area contributed by atoms with Crippen molar-refractivity contribution in [3.8, 4) is 0 Å². The zero-order valence-electron chi connectivity index (χ0n) is 10.1. The molecule has 0 aliphatic carbocycles. The largest absolute Gasteiger partial charge is 0.354 e. The lowest BCUT2D eigenvalue weighted by atomic mass is 10.2. The van der Waals surface area contributed by atoms with E-state index in [1.165, 1.54) is 10.3 Å². The smallest absolute Gasteiger partial charge is 0.223 e. The van der Waals surface area contributed by atoms with Crippen LogP contribution in [0.4, 0.5) is 5.13 Å². The summed E-state index contributed by atoms with van der Waals surface area (Å²) in [5.74, 6) is 1.22. The van der Waals surface area contributed by atoms with Crippen molar-refractivity contribution >= 4 is 26.7 Å². The molecule has 0 unspecified atom stereocenters. The highest BCUT2D eigenvalue weighted by atomic mass is 32.1. The number of nitrogens with zero attached hydrogens (tertiary/aromatic N) is 3. The molecule has 0 fully saturated rings. The normalized spacial score (nSPS) is 11.0. The highest BCUT2D eigenvalue weighted by Crippen LogP contribution is 2.26. The number of anilines is 1. The Morgan fingerprint density at radius 2 is 2.17 bits per heavy atom. The molecule has 1 aromatic carbocycles. The van der Waals surface area contributed by atoms with Crippen molar-refractivity contribution in [3.05, 3.63) is 35.5 Å². The second kappa shape index (κ2) is 4.38. The Hall–Kier alpha value is -1.95. The minimum absolute atomic E-state index is 0.524. The van der Waals surface area contributed by atoms with E-state index in [1.807, 2.05) is 0 Å². The van der Waals surface area contributed by atoms with Gasteiger partial charge in [0.1, 0.15) is 0 Å². The maximum absolute atomic E-state index is 4.91. The Bertz CT molecular complexity index is 688. The topological polar surface area (TPSA) is 63.8 Å². The van der Waals surface area contributed by atoms with Gasteiger partial charge in [0.05, 0.1) is 16.8 Å². The first-order valence-corrected chi connectivity index (χ1v) is 6.42. The summed E-state index contributed by atoms with van der Waals surface area (Å²) in [6.07, 6.45) is 0. The van der Waals surface area contributed by atoms with Crippen LogP contribution in [0.3, 0.4) is 0 Å². The average molecular weight is 260 g/mol. The SMILES string of the molecule is Cc1ccc2sc(NCc3noc(C)n3)nc2c1. The van der Waals surface area contributed by atoms with Crippen LogP contribution in [0.25, 0.3) is 10.2 Å². The average Bonchev–Trinajstić information content (AvgIpc) is 2.92. The molecule has 0 atom stereocenters. The fourth-order valence-corrected chi connectivity index (χ4v) is 2.52. The summed E-state index contributed by atoms with van der Waals surface area (Å²) < 4.78 is 6.08. The minimum atomic E-state index is 0.524. The highest BCUT2D eigenvalue weighted by Gasteiger charge is 2.06. The van der Waals surface area contributed by atoms with E-state index in [0.29, 0.717) is 18.3 Å². The van der Waals surface area contributed by atoms with Crippen LogP contribution in [0.5, 0.6) is 0 Å². The molecule has 0 spiro atoms. The molecule has 0 bridgehead atoms. The van der Waals surface area contributed by atoms with Crippen LogP contribution in [-0.2, 0) is 6.54 Å². The van der Waals surface area contributed by atoms with Crippen LogP contribution < -0.4 is 5.32 Å². The standard InChI is InChI=1S/C12H12N4OS/c1-7-3-4-10-9(5-7)15-12(18-10)13-6-11-14-8(2)17-16-11/h3-5H,6H2,1-2H3,(H,13,15). The molecule has 0 saturated carbocycles. The monoisotopic (exact) mass is 260 g/mol. The van der Waals surface area contributed by atoms with E-state index in [2.05, 4.69) is 45.6 Å². The molecule has 3 aromatic rings. The third kappa shape index (κ3) is 2.19. The summed E-state index contributed by atoms with van der Waals surface area (Å²) in [4.78, 5) is 8.65. The maximum atomic E-state index is 4.91. The van der Waals surface area contributed by atoms with Crippen molar-refractivity contribution in [1.29, 1.82) is 0 Å². The van der Waals surface area contributed by atoms with Gasteiger partial charge in [-0.15, -0.1) is 0 Å². The van der Waals surface area contributed by atoms with Gasteiger partial charge >= 0.3 is 0 Å². The van der Waals surface area contributed by atoms with E-state index < -0.39 is 0 Å². The number of hydrogen-bond donors (Lipinski definition) is 1. The van der Waals surface area contributed by atoms with E-state index >= 15 is 0 Å². The lowest BCUT2D eigenvalue weighted by Crippen LogP contribution is -2.00. The molecule has 0 saturated heterocycles. The molecule has 6 heteroatoms. The number of thiazole rings is 1. The van der Waals surface area contributed by atoms with E-state index in [-0.39, 0.29) is 0 Å². The van der Waals surface area contributed by atoms with Gasteiger partial charge < -0.3 is 9.84 Å². The number of benzene rings is 1. The van der Waals surface area contributed by atoms with Crippen molar-refractivity contribution in [3.63, 3.8) is 0 Å². The number of nitrogens with one attached hydrogen (secondary N) is 1. The Morgan fingerprint density at radius 3 is 2.94 bits per heavy atom. The second-order valence-electron chi connectivity index (χ2n) is 4.07. The molecule has 1 N–H and O–H groups in total. The molecule has 0 aliphatic rings. The predicted molar refractivity (Wildman–Crippen MR) is 70.7 cm³/mol.